The first-order chi connectivity index (χ1) is 7.61. The average Bonchev–Trinajstić information content (AvgIpc) is 2.27. The molecule has 0 aliphatic carbocycles. The standard InChI is InChI=1S/C13H28N2O/c1-11(2)10-15-7-5-13(6-8-15)14-9-12(3)16-4/h11-14H,5-10H2,1-4H3. The lowest BCUT2D eigenvalue weighted by atomic mass is 10.0. The molecule has 1 N–H and O–H groups in total. The molecule has 3 heteroatoms. The summed E-state index contributed by atoms with van der Waals surface area (Å²) in [6, 6.07) is 0.695. The lowest BCUT2D eigenvalue weighted by Gasteiger charge is -2.33. The summed E-state index contributed by atoms with van der Waals surface area (Å²) in [6.45, 7) is 11.4. The molecule has 96 valence electrons. The second-order valence-electron chi connectivity index (χ2n) is 5.42. The highest BCUT2D eigenvalue weighted by molar-refractivity contribution is 4.78. The maximum atomic E-state index is 5.24. The Hall–Kier alpha value is -0.120. The Morgan fingerprint density at radius 2 is 1.88 bits per heavy atom. The van der Waals surface area contributed by atoms with Crippen molar-refractivity contribution in [3.8, 4) is 0 Å². The fourth-order valence-corrected chi connectivity index (χ4v) is 2.25. The van der Waals surface area contributed by atoms with Gasteiger partial charge >= 0.3 is 0 Å². The molecule has 1 fully saturated rings. The van der Waals surface area contributed by atoms with E-state index in [0.717, 1.165) is 12.5 Å². The summed E-state index contributed by atoms with van der Waals surface area (Å²) in [5.74, 6) is 0.790. The van der Waals surface area contributed by atoms with Crippen LogP contribution < -0.4 is 5.32 Å². The molecule has 1 saturated heterocycles. The first-order valence-electron chi connectivity index (χ1n) is 6.60. The molecule has 1 aliphatic rings. The monoisotopic (exact) mass is 228 g/mol. The lowest BCUT2D eigenvalue weighted by Crippen LogP contribution is -2.45. The van der Waals surface area contributed by atoms with E-state index in [0.29, 0.717) is 12.1 Å². The second kappa shape index (κ2) is 7.25. The third kappa shape index (κ3) is 5.28. The third-order valence-electron chi connectivity index (χ3n) is 3.31. The molecule has 16 heavy (non-hydrogen) atoms. The van der Waals surface area contributed by atoms with Crippen LogP contribution >= 0.6 is 0 Å². The molecule has 1 atom stereocenters. The molecule has 3 nitrogen and oxygen atoms in total. The van der Waals surface area contributed by atoms with Gasteiger partial charge in [-0.15, -0.1) is 0 Å². The zero-order chi connectivity index (χ0) is 12.0. The van der Waals surface area contributed by atoms with E-state index in [4.69, 9.17) is 4.74 Å². The van der Waals surface area contributed by atoms with E-state index in [9.17, 15) is 0 Å². The van der Waals surface area contributed by atoms with E-state index in [1.165, 1.54) is 32.5 Å². The van der Waals surface area contributed by atoms with Gasteiger partial charge in [-0.3, -0.25) is 0 Å². The van der Waals surface area contributed by atoms with Crippen molar-refractivity contribution < 1.29 is 4.74 Å². The summed E-state index contributed by atoms with van der Waals surface area (Å²) < 4.78 is 5.24. The number of methoxy groups -OCH3 is 1. The molecule has 0 bridgehead atoms. The van der Waals surface area contributed by atoms with Crippen molar-refractivity contribution in [2.24, 2.45) is 5.92 Å². The molecule has 0 amide bonds. The van der Waals surface area contributed by atoms with Crippen molar-refractivity contribution in [1.82, 2.24) is 10.2 Å². The quantitative estimate of drug-likeness (QED) is 0.749. The van der Waals surface area contributed by atoms with Crippen molar-refractivity contribution in [2.75, 3.05) is 33.3 Å². The summed E-state index contributed by atoms with van der Waals surface area (Å²) in [6.07, 6.45) is 2.89. The van der Waals surface area contributed by atoms with E-state index in [1.807, 2.05) is 0 Å². The Bertz CT molecular complexity index is 177. The fourth-order valence-electron chi connectivity index (χ4n) is 2.25. The number of likely N-dealkylation sites (tertiary alicyclic amines) is 1. The van der Waals surface area contributed by atoms with Gasteiger partial charge in [-0.05, 0) is 38.8 Å². The van der Waals surface area contributed by atoms with Gasteiger partial charge in [-0.25, -0.2) is 0 Å². The van der Waals surface area contributed by atoms with Crippen molar-refractivity contribution in [3.63, 3.8) is 0 Å². The molecule has 0 saturated carbocycles. The summed E-state index contributed by atoms with van der Waals surface area (Å²) in [7, 11) is 1.78. The molecular formula is C13H28N2O. The minimum Gasteiger partial charge on any atom is -0.380 e. The number of rotatable bonds is 6. The molecule has 0 radical (unpaired) electrons. The zero-order valence-electron chi connectivity index (χ0n) is 11.3. The van der Waals surface area contributed by atoms with Crippen LogP contribution in [0.25, 0.3) is 0 Å². The van der Waals surface area contributed by atoms with E-state index < -0.39 is 0 Å². The van der Waals surface area contributed by atoms with Crippen molar-refractivity contribution in [3.05, 3.63) is 0 Å². The zero-order valence-corrected chi connectivity index (χ0v) is 11.3. The van der Waals surface area contributed by atoms with Crippen LogP contribution in [0.2, 0.25) is 0 Å². The van der Waals surface area contributed by atoms with Crippen LogP contribution in [0.1, 0.15) is 33.6 Å². The van der Waals surface area contributed by atoms with Gasteiger partial charge < -0.3 is 15.0 Å². The fraction of sp³-hybridized carbons (Fsp3) is 1.00. The highest BCUT2D eigenvalue weighted by Gasteiger charge is 2.19. The van der Waals surface area contributed by atoms with Gasteiger partial charge in [-0.1, -0.05) is 13.8 Å². The van der Waals surface area contributed by atoms with Gasteiger partial charge in [0.1, 0.15) is 0 Å². The molecule has 1 rings (SSSR count). The normalized spacial score (nSPS) is 21.6. The number of hydrogen-bond acceptors (Lipinski definition) is 3. The predicted molar refractivity (Wildman–Crippen MR) is 68.8 cm³/mol. The number of piperidine rings is 1. The highest BCUT2D eigenvalue weighted by Crippen LogP contribution is 2.12. The topological polar surface area (TPSA) is 24.5 Å². The van der Waals surface area contributed by atoms with Gasteiger partial charge in [0.25, 0.3) is 0 Å². The van der Waals surface area contributed by atoms with Gasteiger partial charge in [0, 0.05) is 26.2 Å². The van der Waals surface area contributed by atoms with Gasteiger partial charge in [0.05, 0.1) is 6.10 Å². The lowest BCUT2D eigenvalue weighted by molar-refractivity contribution is 0.107. The molecule has 0 aromatic heterocycles. The summed E-state index contributed by atoms with van der Waals surface area (Å²) >= 11 is 0. The Labute approximate surface area is 101 Å². The predicted octanol–water partition coefficient (Wildman–Crippen LogP) is 1.73. The number of hydrogen-bond donors (Lipinski definition) is 1. The van der Waals surface area contributed by atoms with E-state index in [2.05, 4.69) is 31.0 Å². The van der Waals surface area contributed by atoms with Crippen LogP contribution in [0.3, 0.4) is 0 Å². The van der Waals surface area contributed by atoms with Gasteiger partial charge in [-0.2, -0.15) is 0 Å². The minimum atomic E-state index is 0.327. The van der Waals surface area contributed by atoms with Gasteiger partial charge in [0.2, 0.25) is 0 Å². The summed E-state index contributed by atoms with van der Waals surface area (Å²) in [5, 5.41) is 3.59. The van der Waals surface area contributed by atoms with Crippen LogP contribution in [-0.4, -0.2) is 50.3 Å². The minimum absolute atomic E-state index is 0.327. The van der Waals surface area contributed by atoms with Gasteiger partial charge in [0.15, 0.2) is 0 Å². The summed E-state index contributed by atoms with van der Waals surface area (Å²) in [4.78, 5) is 2.59. The Kier molecular flexibility index (Phi) is 6.32. The molecule has 1 unspecified atom stereocenters. The molecule has 0 aromatic carbocycles. The van der Waals surface area contributed by atoms with Crippen molar-refractivity contribution in [2.45, 2.75) is 45.8 Å². The Balaban J connectivity index is 2.12. The second-order valence-corrected chi connectivity index (χ2v) is 5.42. The number of nitrogens with one attached hydrogen (secondary N) is 1. The largest absolute Gasteiger partial charge is 0.380 e. The Morgan fingerprint density at radius 1 is 1.25 bits per heavy atom. The molecule has 0 aromatic rings. The van der Waals surface area contributed by atoms with Crippen LogP contribution in [-0.2, 0) is 4.74 Å². The van der Waals surface area contributed by atoms with E-state index >= 15 is 0 Å². The first kappa shape index (κ1) is 13.9. The molecule has 1 aliphatic heterocycles. The number of ether oxygens (including phenoxy) is 1. The number of nitrogens with zero attached hydrogens (tertiary/aromatic N) is 1. The smallest absolute Gasteiger partial charge is 0.0667 e. The summed E-state index contributed by atoms with van der Waals surface area (Å²) in [5.41, 5.74) is 0. The highest BCUT2D eigenvalue weighted by atomic mass is 16.5. The first-order valence-corrected chi connectivity index (χ1v) is 6.60. The Morgan fingerprint density at radius 3 is 2.38 bits per heavy atom. The van der Waals surface area contributed by atoms with E-state index in [1.54, 1.807) is 7.11 Å². The van der Waals surface area contributed by atoms with Crippen molar-refractivity contribution in [1.29, 1.82) is 0 Å². The van der Waals surface area contributed by atoms with Crippen LogP contribution in [0.15, 0.2) is 0 Å². The molecule has 0 spiro atoms. The molecular weight excluding hydrogens is 200 g/mol. The SMILES string of the molecule is COC(C)CNC1CCN(CC(C)C)CC1. The van der Waals surface area contributed by atoms with Crippen LogP contribution in [0.5, 0.6) is 0 Å². The molecule has 1 heterocycles. The maximum Gasteiger partial charge on any atom is 0.0667 e. The maximum absolute atomic E-state index is 5.24. The van der Waals surface area contributed by atoms with Crippen molar-refractivity contribution >= 4 is 0 Å². The van der Waals surface area contributed by atoms with E-state index in [-0.39, 0.29) is 0 Å². The van der Waals surface area contributed by atoms with Crippen LogP contribution in [0, 0.1) is 5.92 Å². The average molecular weight is 228 g/mol. The third-order valence-corrected chi connectivity index (χ3v) is 3.31. The van der Waals surface area contributed by atoms with Crippen LogP contribution in [0.4, 0.5) is 0 Å².